The minimum absolute atomic E-state index is 0.159. The molecule has 1 atom stereocenters. The fourth-order valence-electron chi connectivity index (χ4n) is 3.35. The Morgan fingerprint density at radius 1 is 1.19 bits per heavy atom. The largest absolute Gasteiger partial charge is 0.468 e. The lowest BCUT2D eigenvalue weighted by Gasteiger charge is -2.32. The number of hydrogen-bond acceptors (Lipinski definition) is 3. The van der Waals surface area contributed by atoms with Gasteiger partial charge >= 0.3 is 5.97 Å². The highest BCUT2D eigenvalue weighted by Gasteiger charge is 2.31. The smallest absolute Gasteiger partial charge is 0.327 e. The van der Waals surface area contributed by atoms with Gasteiger partial charge in [-0.2, -0.15) is 0 Å². The van der Waals surface area contributed by atoms with Crippen molar-refractivity contribution >= 4 is 16.9 Å². The maximum Gasteiger partial charge on any atom is 0.327 e. The van der Waals surface area contributed by atoms with Gasteiger partial charge in [0.05, 0.1) is 7.11 Å². The first-order valence-corrected chi connectivity index (χ1v) is 7.58. The molecule has 1 aromatic heterocycles. The summed E-state index contributed by atoms with van der Waals surface area (Å²) in [6.07, 6.45) is 5.62. The number of hydrogen-bond donors (Lipinski definition) is 0. The van der Waals surface area contributed by atoms with E-state index in [-0.39, 0.29) is 12.0 Å². The van der Waals surface area contributed by atoms with E-state index < -0.39 is 0 Å². The molecule has 3 rings (SSSR count). The first-order valence-electron chi connectivity index (χ1n) is 7.58. The number of piperidine rings is 1. The number of carbonyl (C=O) groups is 1. The number of aryl methyl sites for hydroxylation is 1. The molecule has 0 aliphatic carbocycles. The number of para-hydroxylation sites is 1. The molecule has 0 amide bonds. The van der Waals surface area contributed by atoms with Crippen LogP contribution in [0.3, 0.4) is 0 Å². The summed E-state index contributed by atoms with van der Waals surface area (Å²) in [6, 6.07) is 7.94. The van der Waals surface area contributed by atoms with Crippen molar-refractivity contribution in [3.63, 3.8) is 0 Å². The van der Waals surface area contributed by atoms with Crippen molar-refractivity contribution < 1.29 is 9.53 Å². The Labute approximate surface area is 125 Å². The Kier molecular flexibility index (Phi) is 3.97. The third-order valence-electron chi connectivity index (χ3n) is 4.40. The number of rotatable bonds is 3. The molecule has 0 spiro atoms. The molecule has 0 radical (unpaired) electrons. The van der Waals surface area contributed by atoms with Crippen LogP contribution in [-0.4, -0.2) is 35.6 Å². The summed E-state index contributed by atoms with van der Waals surface area (Å²) >= 11 is 0. The van der Waals surface area contributed by atoms with Gasteiger partial charge in [0.1, 0.15) is 6.04 Å². The molecule has 4 nitrogen and oxygen atoms in total. The zero-order valence-corrected chi connectivity index (χ0v) is 12.7. The summed E-state index contributed by atoms with van der Waals surface area (Å²) in [4.78, 5) is 14.7. The van der Waals surface area contributed by atoms with Gasteiger partial charge in [0.15, 0.2) is 0 Å². The summed E-state index contributed by atoms with van der Waals surface area (Å²) in [5.74, 6) is -0.159. The van der Waals surface area contributed by atoms with Crippen LogP contribution in [0.25, 0.3) is 10.9 Å². The van der Waals surface area contributed by atoms with Gasteiger partial charge in [0, 0.05) is 29.7 Å². The number of likely N-dealkylation sites (tertiary alicyclic amines) is 1. The predicted octanol–water partition coefficient (Wildman–Crippen LogP) is 2.88. The Bertz CT molecular complexity index is 641. The van der Waals surface area contributed by atoms with Crippen LogP contribution in [0, 0.1) is 0 Å². The maximum atomic E-state index is 12.4. The lowest BCUT2D eigenvalue weighted by atomic mass is 10.0. The van der Waals surface area contributed by atoms with Crippen molar-refractivity contribution in [3.05, 3.63) is 36.0 Å². The number of methoxy groups -OCH3 is 1. The SMILES string of the molecule is COC(=O)C(c1cn(C)c2ccccc12)N1CCCCC1. The van der Waals surface area contributed by atoms with E-state index >= 15 is 0 Å². The first-order chi connectivity index (χ1) is 10.2. The molecule has 1 aliphatic heterocycles. The number of fused-ring (bicyclic) bond motifs is 1. The molecule has 2 aromatic rings. The van der Waals surface area contributed by atoms with Crippen LogP contribution in [0.5, 0.6) is 0 Å². The van der Waals surface area contributed by atoms with Crippen LogP contribution in [0.4, 0.5) is 0 Å². The number of benzene rings is 1. The van der Waals surface area contributed by atoms with Gasteiger partial charge < -0.3 is 9.30 Å². The molecule has 0 saturated carbocycles. The first kappa shape index (κ1) is 14.1. The Morgan fingerprint density at radius 2 is 1.90 bits per heavy atom. The van der Waals surface area contributed by atoms with Gasteiger partial charge in [-0.05, 0) is 32.0 Å². The van der Waals surface area contributed by atoms with E-state index in [0.29, 0.717) is 0 Å². The second kappa shape index (κ2) is 5.90. The molecule has 1 aromatic carbocycles. The highest BCUT2D eigenvalue weighted by atomic mass is 16.5. The molecule has 4 heteroatoms. The maximum absolute atomic E-state index is 12.4. The zero-order chi connectivity index (χ0) is 14.8. The van der Waals surface area contributed by atoms with Crippen LogP contribution < -0.4 is 0 Å². The summed E-state index contributed by atoms with van der Waals surface area (Å²) in [5.41, 5.74) is 2.21. The molecule has 21 heavy (non-hydrogen) atoms. The second-order valence-electron chi connectivity index (χ2n) is 5.73. The molecule has 0 bridgehead atoms. The standard InChI is InChI=1S/C17H22N2O2/c1-18-12-14(13-8-4-5-9-15(13)18)16(17(20)21-2)19-10-6-3-7-11-19/h4-5,8-9,12,16H,3,6-7,10-11H2,1-2H3. The summed E-state index contributed by atoms with van der Waals surface area (Å²) in [5, 5.41) is 1.14. The molecule has 1 unspecified atom stereocenters. The van der Waals surface area contributed by atoms with Gasteiger partial charge in [0.25, 0.3) is 0 Å². The van der Waals surface area contributed by atoms with Crippen molar-refractivity contribution in [2.45, 2.75) is 25.3 Å². The molecular weight excluding hydrogens is 264 g/mol. The van der Waals surface area contributed by atoms with E-state index in [4.69, 9.17) is 4.74 Å². The van der Waals surface area contributed by atoms with Crippen LogP contribution in [0.15, 0.2) is 30.5 Å². The summed E-state index contributed by atoms with van der Waals surface area (Å²) in [6.45, 7) is 1.92. The number of esters is 1. The lowest BCUT2D eigenvalue weighted by molar-refractivity contribution is -0.147. The van der Waals surface area contributed by atoms with Gasteiger partial charge in [-0.25, -0.2) is 4.79 Å². The Balaban J connectivity index is 2.07. The van der Waals surface area contributed by atoms with E-state index in [1.807, 2.05) is 19.2 Å². The quantitative estimate of drug-likeness (QED) is 0.814. The number of aromatic nitrogens is 1. The number of carbonyl (C=O) groups excluding carboxylic acids is 1. The molecule has 0 N–H and O–H groups in total. The zero-order valence-electron chi connectivity index (χ0n) is 12.7. The molecule has 2 heterocycles. The Hall–Kier alpha value is -1.81. The van der Waals surface area contributed by atoms with Gasteiger partial charge in [0.2, 0.25) is 0 Å². The topological polar surface area (TPSA) is 34.5 Å². The molecular formula is C17H22N2O2. The fourth-order valence-corrected chi connectivity index (χ4v) is 3.35. The van der Waals surface area contributed by atoms with Crippen LogP contribution in [-0.2, 0) is 16.6 Å². The minimum Gasteiger partial charge on any atom is -0.468 e. The van der Waals surface area contributed by atoms with Crippen molar-refractivity contribution in [2.75, 3.05) is 20.2 Å². The molecule has 112 valence electrons. The van der Waals surface area contributed by atoms with Gasteiger partial charge in [-0.3, -0.25) is 4.90 Å². The van der Waals surface area contributed by atoms with Crippen molar-refractivity contribution in [2.24, 2.45) is 7.05 Å². The molecule has 1 fully saturated rings. The minimum atomic E-state index is -0.290. The molecule has 1 aliphatic rings. The van der Waals surface area contributed by atoms with Gasteiger partial charge in [-0.1, -0.05) is 24.6 Å². The normalized spacial score (nSPS) is 17.8. The fraction of sp³-hybridized carbons (Fsp3) is 0.471. The van der Waals surface area contributed by atoms with E-state index in [9.17, 15) is 4.79 Å². The summed E-state index contributed by atoms with van der Waals surface area (Å²) in [7, 11) is 3.50. The number of nitrogens with zero attached hydrogens (tertiary/aromatic N) is 2. The van der Waals surface area contributed by atoms with Crippen LogP contribution in [0.2, 0.25) is 0 Å². The highest BCUT2D eigenvalue weighted by Crippen LogP contribution is 2.32. The average molecular weight is 286 g/mol. The van der Waals surface area contributed by atoms with Crippen molar-refractivity contribution in [3.8, 4) is 0 Å². The van der Waals surface area contributed by atoms with E-state index in [1.165, 1.54) is 13.5 Å². The molecule has 1 saturated heterocycles. The predicted molar refractivity (Wildman–Crippen MR) is 83.1 cm³/mol. The third-order valence-corrected chi connectivity index (χ3v) is 4.40. The van der Waals surface area contributed by atoms with Crippen LogP contribution >= 0.6 is 0 Å². The van der Waals surface area contributed by atoms with E-state index in [1.54, 1.807) is 0 Å². The summed E-state index contributed by atoms with van der Waals surface area (Å²) < 4.78 is 7.18. The average Bonchev–Trinajstić information content (AvgIpc) is 2.86. The lowest BCUT2D eigenvalue weighted by Crippen LogP contribution is -2.38. The van der Waals surface area contributed by atoms with Crippen molar-refractivity contribution in [1.82, 2.24) is 9.47 Å². The van der Waals surface area contributed by atoms with E-state index in [2.05, 4.69) is 27.8 Å². The Morgan fingerprint density at radius 3 is 2.62 bits per heavy atom. The van der Waals surface area contributed by atoms with Crippen LogP contribution in [0.1, 0.15) is 30.9 Å². The number of ether oxygens (including phenoxy) is 1. The van der Waals surface area contributed by atoms with Crippen molar-refractivity contribution in [1.29, 1.82) is 0 Å². The van der Waals surface area contributed by atoms with Gasteiger partial charge in [-0.15, -0.1) is 0 Å². The van der Waals surface area contributed by atoms with E-state index in [0.717, 1.165) is 42.4 Å². The third kappa shape index (κ3) is 2.56. The second-order valence-corrected chi connectivity index (χ2v) is 5.73. The monoisotopic (exact) mass is 286 g/mol. The highest BCUT2D eigenvalue weighted by molar-refractivity contribution is 5.90.